The number of carbonyl (C=O) groups is 1. The number of halogens is 1. The topological polar surface area (TPSA) is 54.5 Å². The van der Waals surface area contributed by atoms with Crippen molar-refractivity contribution in [2.75, 3.05) is 13.6 Å². The number of benzene rings is 1. The van der Waals surface area contributed by atoms with Crippen LogP contribution in [0.1, 0.15) is 43.6 Å². The molecule has 0 unspecified atom stereocenters. The van der Waals surface area contributed by atoms with E-state index in [1.165, 1.54) is 6.07 Å². The normalized spacial score (nSPS) is 12.3. The van der Waals surface area contributed by atoms with Crippen molar-refractivity contribution in [2.45, 2.75) is 39.0 Å². The summed E-state index contributed by atoms with van der Waals surface area (Å²) >= 11 is 0. The van der Waals surface area contributed by atoms with E-state index < -0.39 is 9.05 Å². The lowest BCUT2D eigenvalue weighted by Crippen LogP contribution is -2.34. The minimum atomic E-state index is -3.86. The van der Waals surface area contributed by atoms with E-state index in [2.05, 4.69) is 0 Å². The first-order chi connectivity index (χ1) is 9.45. The van der Waals surface area contributed by atoms with Crippen LogP contribution < -0.4 is 0 Å². The van der Waals surface area contributed by atoms with Gasteiger partial charge in [-0.2, -0.15) is 0 Å². The van der Waals surface area contributed by atoms with Crippen LogP contribution in [0.2, 0.25) is 0 Å². The Labute approximate surface area is 131 Å². The molecule has 0 aliphatic heterocycles. The van der Waals surface area contributed by atoms with Crippen molar-refractivity contribution in [3.8, 4) is 0 Å². The van der Waals surface area contributed by atoms with Crippen LogP contribution in [0.15, 0.2) is 23.1 Å². The number of rotatable bonds is 4. The zero-order chi connectivity index (χ0) is 16.4. The second kappa shape index (κ2) is 6.36. The van der Waals surface area contributed by atoms with Gasteiger partial charge in [0.15, 0.2) is 0 Å². The van der Waals surface area contributed by atoms with Gasteiger partial charge in [-0.05, 0) is 29.5 Å². The summed E-state index contributed by atoms with van der Waals surface area (Å²) in [5.74, 6) is -0.214. The highest BCUT2D eigenvalue weighted by Crippen LogP contribution is 2.23. The van der Waals surface area contributed by atoms with E-state index in [1.54, 1.807) is 24.1 Å². The minimum absolute atomic E-state index is 0.0154. The molecule has 0 atom stereocenters. The average Bonchev–Trinajstić information content (AvgIpc) is 2.34. The summed E-state index contributed by atoms with van der Waals surface area (Å²) in [6, 6.07) is 4.65. The van der Waals surface area contributed by atoms with Crippen LogP contribution >= 0.6 is 10.7 Å². The maximum atomic E-state index is 12.4. The summed E-state index contributed by atoms with van der Waals surface area (Å²) in [5, 5.41) is 0. The van der Waals surface area contributed by atoms with Crippen molar-refractivity contribution in [2.24, 2.45) is 5.41 Å². The zero-order valence-electron chi connectivity index (χ0n) is 13.1. The van der Waals surface area contributed by atoms with Crippen LogP contribution in [0, 0.1) is 5.41 Å². The Morgan fingerprint density at radius 2 is 1.86 bits per heavy atom. The van der Waals surface area contributed by atoms with Crippen molar-refractivity contribution >= 4 is 25.6 Å². The molecule has 1 amide bonds. The molecule has 0 aliphatic rings. The fourth-order valence-corrected chi connectivity index (χ4v) is 3.43. The molecular formula is C15H22ClNO3S. The van der Waals surface area contributed by atoms with Gasteiger partial charge >= 0.3 is 0 Å². The molecule has 4 nitrogen and oxygen atoms in total. The first-order valence-electron chi connectivity index (χ1n) is 6.79. The number of amides is 1. The van der Waals surface area contributed by atoms with Crippen LogP contribution in [-0.2, 0) is 15.5 Å². The summed E-state index contributed by atoms with van der Waals surface area (Å²) in [6.07, 6.45) is 0.535. The van der Waals surface area contributed by atoms with Gasteiger partial charge < -0.3 is 4.90 Å². The summed E-state index contributed by atoms with van der Waals surface area (Å²) in [5.41, 5.74) is 0.910. The molecule has 0 saturated carbocycles. The Kier molecular flexibility index (Phi) is 5.45. The molecule has 0 aromatic heterocycles. The number of carbonyl (C=O) groups excluding carboxylic acids is 1. The first kappa shape index (κ1) is 18.0. The summed E-state index contributed by atoms with van der Waals surface area (Å²) < 4.78 is 23.3. The van der Waals surface area contributed by atoms with Gasteiger partial charge in [0.05, 0.1) is 4.90 Å². The van der Waals surface area contributed by atoms with Crippen molar-refractivity contribution < 1.29 is 13.2 Å². The lowest BCUT2D eigenvalue weighted by Gasteiger charge is -2.26. The molecule has 118 valence electrons. The predicted octanol–water partition coefficient (Wildman–Crippen LogP) is 3.29. The Bertz CT molecular complexity index is 633. The number of hydrogen-bond donors (Lipinski definition) is 0. The molecule has 0 fully saturated rings. The average molecular weight is 332 g/mol. The van der Waals surface area contributed by atoms with Gasteiger partial charge in [0, 0.05) is 29.8 Å². The molecule has 0 bridgehead atoms. The van der Waals surface area contributed by atoms with Gasteiger partial charge in [-0.25, -0.2) is 8.42 Å². The summed E-state index contributed by atoms with van der Waals surface area (Å²) in [7, 11) is 3.30. The van der Waals surface area contributed by atoms with E-state index >= 15 is 0 Å². The highest BCUT2D eigenvalue weighted by molar-refractivity contribution is 8.13. The highest BCUT2D eigenvalue weighted by Gasteiger charge is 2.22. The summed E-state index contributed by atoms with van der Waals surface area (Å²) in [6.45, 7) is 8.52. The monoisotopic (exact) mass is 331 g/mol. The van der Waals surface area contributed by atoms with Gasteiger partial charge in [0.1, 0.15) is 0 Å². The smallest absolute Gasteiger partial charge is 0.261 e. The third-order valence-electron chi connectivity index (χ3n) is 3.02. The first-order valence-corrected chi connectivity index (χ1v) is 9.09. The van der Waals surface area contributed by atoms with Crippen LogP contribution in [0.3, 0.4) is 0 Å². The maximum absolute atomic E-state index is 12.4. The van der Waals surface area contributed by atoms with E-state index in [-0.39, 0.29) is 16.2 Å². The lowest BCUT2D eigenvalue weighted by atomic mass is 9.96. The molecule has 1 aromatic carbocycles. The van der Waals surface area contributed by atoms with E-state index in [9.17, 15) is 13.2 Å². The maximum Gasteiger partial charge on any atom is 0.261 e. The van der Waals surface area contributed by atoms with E-state index in [0.717, 1.165) is 0 Å². The van der Waals surface area contributed by atoms with E-state index in [4.69, 9.17) is 10.7 Å². The van der Waals surface area contributed by atoms with Crippen molar-refractivity contribution in [1.29, 1.82) is 0 Å². The third kappa shape index (κ3) is 5.00. The number of aryl methyl sites for hydroxylation is 1. The van der Waals surface area contributed by atoms with Gasteiger partial charge in [-0.15, -0.1) is 0 Å². The zero-order valence-corrected chi connectivity index (χ0v) is 14.7. The molecule has 6 heteroatoms. The molecule has 1 aromatic rings. The Morgan fingerprint density at radius 1 is 1.29 bits per heavy atom. The molecule has 0 spiro atoms. The fraction of sp³-hybridized carbons (Fsp3) is 0.533. The Balaban J connectivity index is 3.18. The fourth-order valence-electron chi connectivity index (χ4n) is 2.21. The van der Waals surface area contributed by atoms with Gasteiger partial charge in [-0.3, -0.25) is 4.79 Å². The molecule has 0 saturated heterocycles. The van der Waals surface area contributed by atoms with Gasteiger partial charge in [-0.1, -0.05) is 33.8 Å². The van der Waals surface area contributed by atoms with Gasteiger partial charge in [0.25, 0.3) is 15.0 Å². The van der Waals surface area contributed by atoms with Crippen LogP contribution in [-0.4, -0.2) is 32.8 Å². The summed E-state index contributed by atoms with van der Waals surface area (Å²) in [4.78, 5) is 14.0. The quantitative estimate of drug-likeness (QED) is 0.795. The SMILES string of the molecule is CCc1ccc(C(=O)N(C)CC(C)(C)C)cc1S(=O)(=O)Cl. The number of nitrogens with zero attached hydrogens (tertiary/aromatic N) is 1. The Hall–Kier alpha value is -1.07. The molecule has 21 heavy (non-hydrogen) atoms. The highest BCUT2D eigenvalue weighted by atomic mass is 35.7. The standard InChI is InChI=1S/C15H22ClNO3S/c1-6-11-7-8-12(9-13(11)21(16,19)20)14(18)17(5)10-15(2,3)4/h7-9H,6,10H2,1-5H3. The largest absolute Gasteiger partial charge is 0.341 e. The molecule has 0 radical (unpaired) electrons. The van der Waals surface area contributed by atoms with Crippen molar-refractivity contribution in [1.82, 2.24) is 4.90 Å². The van der Waals surface area contributed by atoms with Crippen LogP contribution in [0.25, 0.3) is 0 Å². The van der Waals surface area contributed by atoms with Crippen molar-refractivity contribution in [3.05, 3.63) is 29.3 Å². The minimum Gasteiger partial charge on any atom is -0.341 e. The molecule has 0 N–H and O–H groups in total. The van der Waals surface area contributed by atoms with Crippen LogP contribution in [0.4, 0.5) is 0 Å². The molecular weight excluding hydrogens is 310 g/mol. The van der Waals surface area contributed by atoms with E-state index in [1.807, 2.05) is 27.7 Å². The lowest BCUT2D eigenvalue weighted by molar-refractivity contribution is 0.0745. The predicted molar refractivity (Wildman–Crippen MR) is 85.3 cm³/mol. The van der Waals surface area contributed by atoms with Crippen molar-refractivity contribution in [3.63, 3.8) is 0 Å². The second-order valence-corrected chi connectivity index (χ2v) is 8.87. The van der Waals surface area contributed by atoms with Crippen LogP contribution in [0.5, 0.6) is 0 Å². The number of hydrogen-bond acceptors (Lipinski definition) is 3. The van der Waals surface area contributed by atoms with Gasteiger partial charge in [0.2, 0.25) is 0 Å². The second-order valence-electron chi connectivity index (χ2n) is 6.34. The Morgan fingerprint density at radius 3 is 2.29 bits per heavy atom. The third-order valence-corrected chi connectivity index (χ3v) is 4.42. The molecule has 1 rings (SSSR count). The molecule has 0 aliphatic carbocycles. The van der Waals surface area contributed by atoms with E-state index in [0.29, 0.717) is 24.1 Å². The molecule has 0 heterocycles.